The molecule has 21 heavy (non-hydrogen) atoms. The first kappa shape index (κ1) is 15.1. The molecule has 2 atom stereocenters. The molecule has 0 bridgehead atoms. The molecule has 0 saturated heterocycles. The smallest absolute Gasteiger partial charge is 0.418 e. The Bertz CT molecular complexity index is 585. The van der Waals surface area contributed by atoms with Gasteiger partial charge in [0.1, 0.15) is 5.75 Å². The first-order chi connectivity index (χ1) is 9.74. The van der Waals surface area contributed by atoms with E-state index in [1.54, 1.807) is 0 Å². The number of halogens is 3. The summed E-state index contributed by atoms with van der Waals surface area (Å²) in [5.41, 5.74) is -1.45. The normalized spacial score (nSPS) is 20.8. The van der Waals surface area contributed by atoms with Crippen molar-refractivity contribution in [2.75, 3.05) is 12.4 Å². The van der Waals surface area contributed by atoms with Crippen LogP contribution in [0.15, 0.2) is 18.2 Å². The predicted octanol–water partition coefficient (Wildman–Crippen LogP) is 2.37. The molecule has 1 aliphatic rings. The van der Waals surface area contributed by atoms with E-state index >= 15 is 0 Å². The van der Waals surface area contributed by atoms with Crippen molar-refractivity contribution in [2.24, 2.45) is 11.8 Å². The Morgan fingerprint density at radius 1 is 1.33 bits per heavy atom. The van der Waals surface area contributed by atoms with E-state index in [1.165, 1.54) is 13.2 Å². The first-order valence-electron chi connectivity index (χ1n) is 6.03. The topological polar surface area (TPSA) is 75.6 Å². The molecular weight excluding hydrogens is 291 g/mol. The van der Waals surface area contributed by atoms with Crippen LogP contribution in [0.4, 0.5) is 18.9 Å². The van der Waals surface area contributed by atoms with Crippen LogP contribution in [0.25, 0.3) is 0 Å². The average Bonchev–Trinajstić information content (AvgIpc) is 3.18. The van der Waals surface area contributed by atoms with Gasteiger partial charge in [-0.05, 0) is 24.6 Å². The SMILES string of the molecule is COc1ccc(NC(=O)[C@@H]2C[C@@H]2C(=O)O)c(C(F)(F)F)c1. The van der Waals surface area contributed by atoms with E-state index in [-0.39, 0.29) is 12.2 Å². The third kappa shape index (κ3) is 3.26. The number of aliphatic carboxylic acids is 1. The third-order valence-electron chi connectivity index (χ3n) is 3.23. The van der Waals surface area contributed by atoms with Crippen LogP contribution in [0.3, 0.4) is 0 Å². The summed E-state index contributed by atoms with van der Waals surface area (Å²) in [6.07, 6.45) is -4.52. The minimum Gasteiger partial charge on any atom is -0.497 e. The highest BCUT2D eigenvalue weighted by Crippen LogP contribution is 2.41. The largest absolute Gasteiger partial charge is 0.497 e. The summed E-state index contributed by atoms with van der Waals surface area (Å²) in [6.45, 7) is 0. The van der Waals surface area contributed by atoms with E-state index in [4.69, 9.17) is 9.84 Å². The molecule has 0 aromatic heterocycles. The van der Waals surface area contributed by atoms with Crippen LogP contribution < -0.4 is 10.1 Å². The molecule has 0 aliphatic heterocycles. The molecule has 0 spiro atoms. The van der Waals surface area contributed by atoms with Crippen LogP contribution in [0.1, 0.15) is 12.0 Å². The van der Waals surface area contributed by atoms with Crippen LogP contribution in [0.2, 0.25) is 0 Å². The van der Waals surface area contributed by atoms with Crippen molar-refractivity contribution in [2.45, 2.75) is 12.6 Å². The molecule has 1 fully saturated rings. The first-order valence-corrected chi connectivity index (χ1v) is 6.03. The second kappa shape index (κ2) is 5.27. The van der Waals surface area contributed by atoms with Crippen LogP contribution in [-0.4, -0.2) is 24.1 Å². The Labute approximate surface area is 117 Å². The summed E-state index contributed by atoms with van der Waals surface area (Å²) in [4.78, 5) is 22.4. The molecule has 0 radical (unpaired) electrons. The van der Waals surface area contributed by atoms with Gasteiger partial charge in [0.25, 0.3) is 0 Å². The van der Waals surface area contributed by atoms with Crippen LogP contribution in [0, 0.1) is 11.8 Å². The number of amides is 1. The zero-order valence-electron chi connectivity index (χ0n) is 10.9. The molecule has 1 aromatic rings. The minimum absolute atomic E-state index is 0.00941. The van der Waals surface area contributed by atoms with E-state index in [2.05, 4.69) is 5.32 Å². The van der Waals surface area contributed by atoms with Gasteiger partial charge in [0, 0.05) is 0 Å². The minimum atomic E-state index is -4.66. The Hall–Kier alpha value is -2.25. The van der Waals surface area contributed by atoms with E-state index in [9.17, 15) is 22.8 Å². The van der Waals surface area contributed by atoms with E-state index in [0.717, 1.165) is 12.1 Å². The number of hydrogen-bond donors (Lipinski definition) is 2. The molecule has 2 N–H and O–H groups in total. The second-order valence-corrected chi connectivity index (χ2v) is 4.69. The van der Waals surface area contributed by atoms with Crippen LogP contribution >= 0.6 is 0 Å². The number of carboxylic acids is 1. The van der Waals surface area contributed by atoms with Crippen molar-refractivity contribution < 1.29 is 32.6 Å². The highest BCUT2D eigenvalue weighted by Gasteiger charge is 2.48. The number of methoxy groups -OCH3 is 1. The summed E-state index contributed by atoms with van der Waals surface area (Å²) in [5.74, 6) is -3.45. The number of carbonyl (C=O) groups is 2. The van der Waals surface area contributed by atoms with Gasteiger partial charge < -0.3 is 15.2 Å². The van der Waals surface area contributed by atoms with Gasteiger partial charge in [0.15, 0.2) is 0 Å². The maximum Gasteiger partial charge on any atom is 0.418 e. The summed E-state index contributed by atoms with van der Waals surface area (Å²) in [5, 5.41) is 10.9. The number of rotatable bonds is 4. The lowest BCUT2D eigenvalue weighted by Gasteiger charge is -2.15. The molecule has 1 amide bonds. The van der Waals surface area contributed by atoms with Crippen molar-refractivity contribution in [1.29, 1.82) is 0 Å². The summed E-state index contributed by atoms with van der Waals surface area (Å²) in [7, 11) is 1.23. The number of carbonyl (C=O) groups excluding carboxylic acids is 1. The fraction of sp³-hybridized carbons (Fsp3) is 0.385. The van der Waals surface area contributed by atoms with Crippen LogP contribution in [-0.2, 0) is 15.8 Å². The molecule has 114 valence electrons. The maximum atomic E-state index is 12.9. The molecule has 0 unspecified atom stereocenters. The lowest BCUT2D eigenvalue weighted by Crippen LogP contribution is -2.19. The third-order valence-corrected chi connectivity index (χ3v) is 3.23. The van der Waals surface area contributed by atoms with Gasteiger partial charge in [-0.2, -0.15) is 13.2 Å². The zero-order valence-corrected chi connectivity index (χ0v) is 10.9. The van der Waals surface area contributed by atoms with Gasteiger partial charge in [-0.25, -0.2) is 0 Å². The summed E-state index contributed by atoms with van der Waals surface area (Å²) in [6, 6.07) is 3.14. The standard InChI is InChI=1S/C13H12F3NO4/c1-21-6-2-3-10(9(4-6)13(14,15)16)17-11(18)7-5-8(7)12(19)20/h2-4,7-8H,5H2,1H3,(H,17,18)(H,19,20)/t7-,8+/m1/s1. The average molecular weight is 303 g/mol. The molecular formula is C13H12F3NO4. The number of anilines is 1. The molecule has 1 aromatic carbocycles. The fourth-order valence-electron chi connectivity index (χ4n) is 1.98. The van der Waals surface area contributed by atoms with Crippen molar-refractivity contribution in [3.05, 3.63) is 23.8 Å². The highest BCUT2D eigenvalue weighted by atomic mass is 19.4. The van der Waals surface area contributed by atoms with Gasteiger partial charge in [-0.1, -0.05) is 0 Å². The fourth-order valence-corrected chi connectivity index (χ4v) is 1.98. The Morgan fingerprint density at radius 2 is 2.00 bits per heavy atom. The highest BCUT2D eigenvalue weighted by molar-refractivity contribution is 5.98. The number of ether oxygens (including phenoxy) is 1. The van der Waals surface area contributed by atoms with Crippen molar-refractivity contribution in [3.63, 3.8) is 0 Å². The summed E-state index contributed by atoms with van der Waals surface area (Å²) >= 11 is 0. The molecule has 8 heteroatoms. The molecule has 1 aliphatic carbocycles. The monoisotopic (exact) mass is 303 g/mol. The van der Waals surface area contributed by atoms with Gasteiger partial charge in [-0.3, -0.25) is 9.59 Å². The zero-order chi connectivity index (χ0) is 15.8. The second-order valence-electron chi connectivity index (χ2n) is 4.69. The van der Waals surface area contributed by atoms with Crippen molar-refractivity contribution in [1.82, 2.24) is 0 Å². The van der Waals surface area contributed by atoms with Crippen molar-refractivity contribution >= 4 is 17.6 Å². The predicted molar refractivity (Wildman–Crippen MR) is 65.9 cm³/mol. The number of hydrogen-bond acceptors (Lipinski definition) is 3. The maximum absolute atomic E-state index is 12.9. The lowest BCUT2D eigenvalue weighted by molar-refractivity contribution is -0.140. The number of benzene rings is 1. The van der Waals surface area contributed by atoms with Crippen LogP contribution in [0.5, 0.6) is 5.75 Å². The van der Waals surface area contributed by atoms with Crippen molar-refractivity contribution in [3.8, 4) is 5.75 Å². The molecule has 5 nitrogen and oxygen atoms in total. The Morgan fingerprint density at radius 3 is 2.48 bits per heavy atom. The lowest BCUT2D eigenvalue weighted by atomic mass is 10.1. The Balaban J connectivity index is 2.20. The van der Waals surface area contributed by atoms with Gasteiger partial charge in [0.05, 0.1) is 30.2 Å². The van der Waals surface area contributed by atoms with Gasteiger partial charge in [-0.15, -0.1) is 0 Å². The van der Waals surface area contributed by atoms with E-state index in [1.807, 2.05) is 0 Å². The van der Waals surface area contributed by atoms with Gasteiger partial charge in [0.2, 0.25) is 5.91 Å². The number of nitrogens with one attached hydrogen (secondary N) is 1. The summed E-state index contributed by atoms with van der Waals surface area (Å²) < 4.78 is 43.5. The molecule has 0 heterocycles. The molecule has 1 saturated carbocycles. The Kier molecular flexibility index (Phi) is 3.80. The number of carboxylic acid groups (broad SMARTS) is 1. The number of alkyl halides is 3. The van der Waals surface area contributed by atoms with E-state index < -0.39 is 41.1 Å². The van der Waals surface area contributed by atoms with Gasteiger partial charge >= 0.3 is 12.1 Å². The molecule has 2 rings (SSSR count). The van der Waals surface area contributed by atoms with E-state index in [0.29, 0.717) is 0 Å². The quantitative estimate of drug-likeness (QED) is 0.895.